The van der Waals surface area contributed by atoms with E-state index in [-0.39, 0.29) is 23.0 Å². The fraction of sp³-hybridized carbons (Fsp3) is 0.312. The normalized spacial score (nSPS) is 12.0. The number of non-ortho nitro benzene ring substituents is 1. The molecule has 3 aromatic heterocycles. The molecule has 12 heteroatoms. The van der Waals surface area contributed by atoms with Gasteiger partial charge in [0.25, 0.3) is 5.69 Å². The Morgan fingerprint density at radius 1 is 1.09 bits per heavy atom. The Morgan fingerprint density at radius 3 is 2.50 bits per heavy atom. The molecule has 0 radical (unpaired) electrons. The van der Waals surface area contributed by atoms with Gasteiger partial charge < -0.3 is 18.9 Å². The Labute approximate surface area is 254 Å². The number of nitrogens with zero attached hydrogens (tertiary/aromatic N) is 7. The second-order valence-electron chi connectivity index (χ2n) is 10.4. The highest BCUT2D eigenvalue weighted by Crippen LogP contribution is 2.47. The monoisotopic (exact) mass is 599 g/mol. The minimum absolute atomic E-state index is 0.0294. The fourth-order valence-electron chi connectivity index (χ4n) is 5.24. The molecule has 1 atom stereocenters. The number of aromatic nitrogens is 5. The second kappa shape index (κ2) is 12.7. The Morgan fingerprint density at radius 2 is 1.84 bits per heavy atom. The Kier molecular flexibility index (Phi) is 8.81. The molecule has 3 heterocycles. The molecule has 44 heavy (non-hydrogen) atoms. The van der Waals surface area contributed by atoms with Crippen molar-refractivity contribution < 1.29 is 18.8 Å². The molecule has 0 aliphatic heterocycles. The van der Waals surface area contributed by atoms with Crippen LogP contribution in [0.2, 0.25) is 0 Å². The van der Waals surface area contributed by atoms with Crippen molar-refractivity contribution in [2.24, 2.45) is 7.05 Å². The summed E-state index contributed by atoms with van der Waals surface area (Å²) in [4.78, 5) is 30.6. The lowest BCUT2D eigenvalue weighted by atomic mass is 9.91. The number of nitro benzene ring substituents is 1. The van der Waals surface area contributed by atoms with E-state index in [1.807, 2.05) is 37.4 Å². The molecule has 0 amide bonds. The first-order valence-corrected chi connectivity index (χ1v) is 14.4. The third kappa shape index (κ3) is 5.68. The summed E-state index contributed by atoms with van der Waals surface area (Å²) in [6, 6.07) is 11.4. The minimum Gasteiger partial charge on any atom is -0.421 e. The van der Waals surface area contributed by atoms with Crippen LogP contribution in [0.1, 0.15) is 44.6 Å². The van der Waals surface area contributed by atoms with Gasteiger partial charge in [-0.15, -0.1) is 0 Å². The Balaban J connectivity index is 1.84. The number of aryl methyl sites for hydroxylation is 2. The third-order valence-electron chi connectivity index (χ3n) is 7.50. The van der Waals surface area contributed by atoms with Crippen LogP contribution in [0.25, 0.3) is 33.4 Å². The van der Waals surface area contributed by atoms with E-state index >= 15 is 4.39 Å². The minimum atomic E-state index is -0.663. The van der Waals surface area contributed by atoms with E-state index in [9.17, 15) is 10.1 Å². The van der Waals surface area contributed by atoms with Crippen molar-refractivity contribution in [3.05, 3.63) is 82.2 Å². The number of ether oxygens (including phenoxy) is 2. The first-order chi connectivity index (χ1) is 21.2. The molecular formula is C32H34FN7O4. The number of hydrogen-bond acceptors (Lipinski definition) is 9. The largest absolute Gasteiger partial charge is 0.421 e. The van der Waals surface area contributed by atoms with Crippen molar-refractivity contribution >= 4 is 22.5 Å². The maximum Gasteiger partial charge on any atom is 0.322 e. The van der Waals surface area contributed by atoms with Crippen molar-refractivity contribution in [2.75, 3.05) is 25.1 Å². The van der Waals surface area contributed by atoms with Gasteiger partial charge in [0.2, 0.25) is 0 Å². The lowest BCUT2D eigenvalue weighted by molar-refractivity contribution is -0.384. The molecule has 11 nitrogen and oxygen atoms in total. The molecule has 5 aromatic rings. The number of nitro groups is 1. The second-order valence-corrected chi connectivity index (χ2v) is 10.4. The summed E-state index contributed by atoms with van der Waals surface area (Å²) in [5.41, 5.74) is 4.18. The zero-order chi connectivity index (χ0) is 31.5. The lowest BCUT2D eigenvalue weighted by Crippen LogP contribution is -2.17. The number of rotatable bonds is 11. The predicted molar refractivity (Wildman–Crippen MR) is 166 cm³/mol. The standard InChI is InChI=1S/C32H34FN7O4/c1-7-17-43-20(4)25-23(13-14-24(28(25)33)44-32-34-16-15-19(3)37-32)26-27-30(38(5)8-2)35-18-36-31(27)39(6)29(26)21-9-11-22(12-10-21)40(41)42/h9-16,18,20H,7-8,17H2,1-6H3. The lowest BCUT2D eigenvalue weighted by Gasteiger charge is -2.22. The molecule has 0 aliphatic rings. The van der Waals surface area contributed by atoms with Gasteiger partial charge >= 0.3 is 6.01 Å². The number of hydrogen-bond donors (Lipinski definition) is 0. The average Bonchev–Trinajstić information content (AvgIpc) is 3.32. The van der Waals surface area contributed by atoms with Crippen LogP contribution >= 0.6 is 0 Å². The van der Waals surface area contributed by atoms with Crippen LogP contribution in [-0.4, -0.2) is 49.6 Å². The number of halogens is 1. The van der Waals surface area contributed by atoms with E-state index in [1.165, 1.54) is 18.5 Å². The molecule has 228 valence electrons. The maximum absolute atomic E-state index is 16.7. The Bertz CT molecular complexity index is 1820. The van der Waals surface area contributed by atoms with Crippen LogP contribution in [0.3, 0.4) is 0 Å². The van der Waals surface area contributed by atoms with E-state index < -0.39 is 16.8 Å². The van der Waals surface area contributed by atoms with Crippen LogP contribution < -0.4 is 9.64 Å². The van der Waals surface area contributed by atoms with Gasteiger partial charge in [0.1, 0.15) is 17.8 Å². The molecule has 0 N–H and O–H groups in total. The van der Waals surface area contributed by atoms with Crippen LogP contribution in [0, 0.1) is 22.9 Å². The quantitative estimate of drug-likeness (QED) is 0.115. The topological polar surface area (TPSA) is 121 Å². The number of benzene rings is 2. The van der Waals surface area contributed by atoms with E-state index in [2.05, 4.69) is 19.9 Å². The van der Waals surface area contributed by atoms with Crippen LogP contribution in [0.5, 0.6) is 11.8 Å². The smallest absolute Gasteiger partial charge is 0.322 e. The van der Waals surface area contributed by atoms with Gasteiger partial charge in [-0.2, -0.15) is 0 Å². The van der Waals surface area contributed by atoms with E-state index in [4.69, 9.17) is 9.47 Å². The van der Waals surface area contributed by atoms with Crippen molar-refractivity contribution in [1.29, 1.82) is 0 Å². The average molecular weight is 600 g/mol. The third-order valence-corrected chi connectivity index (χ3v) is 7.50. The number of anilines is 1. The van der Waals surface area contributed by atoms with Crippen LogP contribution in [0.15, 0.2) is 55.0 Å². The molecule has 5 rings (SSSR count). The van der Waals surface area contributed by atoms with Gasteiger partial charge in [-0.25, -0.2) is 24.3 Å². The Hall–Kier alpha value is -4.97. The molecule has 0 fully saturated rings. The summed E-state index contributed by atoms with van der Waals surface area (Å²) < 4.78 is 30.6. The first kappa shape index (κ1) is 30.5. The van der Waals surface area contributed by atoms with Gasteiger partial charge in [-0.3, -0.25) is 10.1 Å². The van der Waals surface area contributed by atoms with E-state index in [0.717, 1.165) is 6.42 Å². The molecule has 0 spiro atoms. The van der Waals surface area contributed by atoms with Gasteiger partial charge in [-0.1, -0.05) is 6.92 Å². The van der Waals surface area contributed by atoms with Gasteiger partial charge in [0.05, 0.1) is 22.1 Å². The van der Waals surface area contributed by atoms with Gasteiger partial charge in [-0.05, 0) is 68.7 Å². The summed E-state index contributed by atoms with van der Waals surface area (Å²) in [6.45, 7) is 8.68. The summed E-state index contributed by atoms with van der Waals surface area (Å²) in [5.74, 6) is 0.0175. The molecule has 0 saturated heterocycles. The summed E-state index contributed by atoms with van der Waals surface area (Å²) in [6.07, 6.45) is 3.14. The fourth-order valence-corrected chi connectivity index (χ4v) is 5.24. The molecule has 1 unspecified atom stereocenters. The summed E-state index contributed by atoms with van der Waals surface area (Å²) >= 11 is 0. The van der Waals surface area contributed by atoms with Crippen molar-refractivity contribution in [2.45, 2.75) is 40.2 Å². The SMILES string of the molecule is CCCOC(C)c1c(-c2c(-c3ccc([N+](=O)[O-])cc3)n(C)c3ncnc(N(C)CC)c23)ccc(Oc2nccc(C)n2)c1F. The maximum atomic E-state index is 16.7. The van der Waals surface area contributed by atoms with Crippen molar-refractivity contribution in [3.63, 3.8) is 0 Å². The zero-order valence-corrected chi connectivity index (χ0v) is 25.5. The predicted octanol–water partition coefficient (Wildman–Crippen LogP) is 7.18. The van der Waals surface area contributed by atoms with Gasteiger partial charge in [0, 0.05) is 62.4 Å². The molecule has 0 saturated carbocycles. The van der Waals surface area contributed by atoms with Crippen LogP contribution in [0.4, 0.5) is 15.9 Å². The highest BCUT2D eigenvalue weighted by molar-refractivity contribution is 6.09. The van der Waals surface area contributed by atoms with Crippen molar-refractivity contribution in [1.82, 2.24) is 24.5 Å². The van der Waals surface area contributed by atoms with E-state index in [0.29, 0.717) is 58.1 Å². The highest BCUT2D eigenvalue weighted by Gasteiger charge is 2.30. The first-order valence-electron chi connectivity index (χ1n) is 14.4. The van der Waals surface area contributed by atoms with Gasteiger partial charge in [0.15, 0.2) is 11.6 Å². The molecule has 2 aromatic carbocycles. The molecule has 0 aliphatic carbocycles. The van der Waals surface area contributed by atoms with Crippen LogP contribution in [-0.2, 0) is 11.8 Å². The number of fused-ring (bicyclic) bond motifs is 1. The zero-order valence-electron chi connectivity index (χ0n) is 25.5. The molecular weight excluding hydrogens is 565 g/mol. The highest BCUT2D eigenvalue weighted by atomic mass is 19.1. The van der Waals surface area contributed by atoms with Crippen molar-refractivity contribution in [3.8, 4) is 34.1 Å². The molecule has 0 bridgehead atoms. The van der Waals surface area contributed by atoms with E-state index in [1.54, 1.807) is 50.4 Å². The summed E-state index contributed by atoms with van der Waals surface area (Å²) in [5, 5.41) is 12.1. The summed E-state index contributed by atoms with van der Waals surface area (Å²) in [7, 11) is 3.79.